The Morgan fingerprint density at radius 2 is 1.79 bits per heavy atom. The summed E-state index contributed by atoms with van der Waals surface area (Å²) in [4.78, 5) is 26.9. The number of aldehydes is 1. The molecule has 10 heteroatoms. The maximum Gasteiger partial charge on any atom is 0.175 e. The fourth-order valence-corrected chi connectivity index (χ4v) is 7.98. The number of nitrogens with one attached hydrogen (secondary N) is 1. The average molecular weight is 766 g/mol. The van der Waals surface area contributed by atoms with Gasteiger partial charge in [0.25, 0.3) is 0 Å². The molecular weight excluding hydrogens is 702 g/mol. The molecule has 0 saturated carbocycles. The van der Waals surface area contributed by atoms with Crippen LogP contribution in [0.15, 0.2) is 86.8 Å². The summed E-state index contributed by atoms with van der Waals surface area (Å²) in [7, 11) is 2.69. The van der Waals surface area contributed by atoms with Crippen molar-refractivity contribution >= 4 is 47.2 Å². The molecule has 1 aliphatic rings. The van der Waals surface area contributed by atoms with Crippen molar-refractivity contribution in [3.63, 3.8) is 0 Å². The van der Waals surface area contributed by atoms with Crippen molar-refractivity contribution in [2.75, 3.05) is 31.0 Å². The Balaban J connectivity index is 0.00000222. The molecule has 0 amide bonds. The number of aliphatic hydroxyl groups excluding tert-OH is 1. The number of rotatable bonds is 6. The van der Waals surface area contributed by atoms with Crippen molar-refractivity contribution in [2.24, 2.45) is 27.1 Å². The van der Waals surface area contributed by atoms with Gasteiger partial charge in [0.05, 0.1) is 4.90 Å². The van der Waals surface area contributed by atoms with Crippen LogP contribution in [-0.4, -0.2) is 53.7 Å². The maximum atomic E-state index is 15.7. The number of aryl methyl sites for hydroxylation is 1. The number of allylic oxidation sites excluding steroid dienone is 1. The van der Waals surface area contributed by atoms with Crippen LogP contribution in [0.4, 0.5) is 10.1 Å². The Bertz CT molecular complexity index is 1640. The number of fused-ring (bicyclic) bond motifs is 3. The lowest BCUT2D eigenvalue weighted by Gasteiger charge is -2.32. The molecule has 2 bridgehead atoms. The fourth-order valence-electron chi connectivity index (χ4n) is 5.79. The fraction of sp³-hybridized carbons (Fsp3) is 0.488. The minimum Gasteiger partial charge on any atom is -0.400 e. The largest absolute Gasteiger partial charge is 0.400 e. The Morgan fingerprint density at radius 1 is 1.08 bits per heavy atom. The summed E-state index contributed by atoms with van der Waals surface area (Å²) in [5, 5.41) is 10.2. The van der Waals surface area contributed by atoms with Crippen LogP contribution in [0.3, 0.4) is 0 Å². The van der Waals surface area contributed by atoms with E-state index in [0.717, 1.165) is 77.9 Å². The number of halogens is 1. The van der Waals surface area contributed by atoms with Gasteiger partial charge in [-0.15, -0.1) is 0 Å². The van der Waals surface area contributed by atoms with Gasteiger partial charge in [0.1, 0.15) is 23.6 Å². The van der Waals surface area contributed by atoms with Crippen LogP contribution in [0, 0.1) is 17.2 Å². The van der Waals surface area contributed by atoms with E-state index in [1.807, 2.05) is 83.8 Å². The molecule has 0 radical (unpaired) electrons. The number of hydrogen-bond acceptors (Lipinski definition) is 8. The molecule has 53 heavy (non-hydrogen) atoms. The summed E-state index contributed by atoms with van der Waals surface area (Å²) in [6.45, 7) is 18.6. The Labute approximate surface area is 328 Å². The molecular formula is C43H64FN5O2S2. The van der Waals surface area contributed by atoms with Gasteiger partial charge in [-0.2, -0.15) is 11.8 Å². The van der Waals surface area contributed by atoms with Crippen molar-refractivity contribution in [3.05, 3.63) is 95.2 Å². The highest BCUT2D eigenvalue weighted by molar-refractivity contribution is 7.99. The highest BCUT2D eigenvalue weighted by atomic mass is 32.2. The van der Waals surface area contributed by atoms with E-state index < -0.39 is 5.41 Å². The molecule has 0 fully saturated rings. The third-order valence-electron chi connectivity index (χ3n) is 8.61. The number of nitrogens with zero attached hydrogens (tertiary/aromatic N) is 3. The molecule has 2 heterocycles. The van der Waals surface area contributed by atoms with Crippen LogP contribution in [0.1, 0.15) is 104 Å². The maximum absolute atomic E-state index is 15.7. The van der Waals surface area contributed by atoms with E-state index in [4.69, 9.17) is 15.8 Å². The van der Waals surface area contributed by atoms with E-state index >= 15 is 4.39 Å². The number of aliphatic hydroxyl groups is 1. The Morgan fingerprint density at radius 3 is 2.45 bits per heavy atom. The number of anilines is 1. The Kier molecular flexibility index (Phi) is 22.2. The van der Waals surface area contributed by atoms with Crippen molar-refractivity contribution in [2.45, 2.75) is 110 Å². The monoisotopic (exact) mass is 765 g/mol. The van der Waals surface area contributed by atoms with E-state index in [2.05, 4.69) is 60.3 Å². The summed E-state index contributed by atoms with van der Waals surface area (Å²) in [5.41, 5.74) is 10.9. The smallest absolute Gasteiger partial charge is 0.175 e. The molecule has 0 saturated heterocycles. The van der Waals surface area contributed by atoms with E-state index in [1.54, 1.807) is 19.3 Å². The zero-order chi connectivity index (χ0) is 40.0. The van der Waals surface area contributed by atoms with Gasteiger partial charge in [-0.1, -0.05) is 97.0 Å². The molecule has 7 nitrogen and oxygen atoms in total. The molecule has 2 aromatic carbocycles. The van der Waals surface area contributed by atoms with Gasteiger partial charge < -0.3 is 21.0 Å². The van der Waals surface area contributed by atoms with Gasteiger partial charge >= 0.3 is 0 Å². The highest BCUT2D eigenvalue weighted by Crippen LogP contribution is 2.38. The summed E-state index contributed by atoms with van der Waals surface area (Å²) < 4.78 is 15.7. The Hall–Kier alpha value is -3.47. The molecule has 1 unspecified atom stereocenters. The summed E-state index contributed by atoms with van der Waals surface area (Å²) in [6.07, 6.45) is 10.6. The van der Waals surface area contributed by atoms with Crippen LogP contribution in [0.25, 0.3) is 0 Å². The second-order valence-electron chi connectivity index (χ2n) is 13.3. The van der Waals surface area contributed by atoms with Gasteiger partial charge in [-0.25, -0.2) is 9.38 Å². The molecule has 4 N–H and O–H groups in total. The number of carbonyl (C=O) groups excluding carboxylic acids is 1. The highest BCUT2D eigenvalue weighted by Gasteiger charge is 2.33. The number of amidine groups is 2. The quantitative estimate of drug-likeness (QED) is 0.214. The van der Waals surface area contributed by atoms with Crippen molar-refractivity contribution in [3.8, 4) is 0 Å². The van der Waals surface area contributed by atoms with Gasteiger partial charge in [0.2, 0.25) is 0 Å². The zero-order valence-corrected chi connectivity index (χ0v) is 35.6. The van der Waals surface area contributed by atoms with Gasteiger partial charge in [-0.3, -0.25) is 9.98 Å². The number of hydrogen-bond donors (Lipinski definition) is 3. The number of benzene rings is 2. The first-order chi connectivity index (χ1) is 25.5. The minimum atomic E-state index is -0.571. The first kappa shape index (κ1) is 47.6. The first-order valence-electron chi connectivity index (χ1n) is 18.7. The van der Waals surface area contributed by atoms with Gasteiger partial charge in [0.15, 0.2) is 5.84 Å². The minimum absolute atomic E-state index is 0.0694. The first-order valence-corrected chi connectivity index (χ1v) is 20.7. The number of aliphatic imine (C=N–C) groups is 2. The molecule has 3 aromatic rings. The van der Waals surface area contributed by atoms with Crippen LogP contribution in [0.2, 0.25) is 0 Å². The van der Waals surface area contributed by atoms with Gasteiger partial charge in [0, 0.05) is 42.3 Å². The van der Waals surface area contributed by atoms with Gasteiger partial charge in [-0.05, 0) is 104 Å². The third-order valence-corrected chi connectivity index (χ3v) is 11.2. The topological polar surface area (TPSA) is 113 Å². The van der Waals surface area contributed by atoms with Crippen molar-refractivity contribution < 1.29 is 14.3 Å². The number of nitrogens with two attached hydrogens (primary N) is 1. The lowest BCUT2D eigenvalue weighted by atomic mass is 9.74. The molecule has 0 spiro atoms. The molecule has 4 rings (SSSR count). The second-order valence-corrected chi connectivity index (χ2v) is 15.5. The number of aromatic nitrogens is 1. The summed E-state index contributed by atoms with van der Waals surface area (Å²) in [6, 6.07) is 15.8. The second kappa shape index (κ2) is 24.8. The van der Waals surface area contributed by atoms with E-state index in [-0.39, 0.29) is 17.2 Å². The number of pyridine rings is 1. The van der Waals surface area contributed by atoms with Crippen LogP contribution in [-0.2, 0) is 23.1 Å². The summed E-state index contributed by atoms with van der Waals surface area (Å²) in [5.74, 6) is 2.44. The molecule has 2 atom stereocenters. The van der Waals surface area contributed by atoms with Crippen LogP contribution >= 0.6 is 23.5 Å². The lowest BCUT2D eigenvalue weighted by molar-refractivity contribution is -0.110. The molecule has 1 aromatic heterocycles. The molecule has 1 aliphatic heterocycles. The van der Waals surface area contributed by atoms with E-state index in [1.165, 1.54) is 11.8 Å². The molecule has 0 aliphatic carbocycles. The summed E-state index contributed by atoms with van der Waals surface area (Å²) >= 11 is 3.31. The zero-order valence-electron chi connectivity index (χ0n) is 33.9. The predicted octanol–water partition coefficient (Wildman–Crippen LogP) is 10.5. The third kappa shape index (κ3) is 14.7. The number of carbonyl (C=O) groups is 1. The van der Waals surface area contributed by atoms with Crippen molar-refractivity contribution in [1.82, 2.24) is 4.98 Å². The normalized spacial score (nSPS) is 18.9. The SMILES string of the molecule is C/C=C\Nc1cc(F)c2c(c1)CCSCC(C)(C)CCC[C@](C)(c1cccc(CC(C)C=O)c1)C(N)=NC(=NC)c1cc(ccn1)S2.CC.CC.CO. The standard InChI is InChI=1S/C38H48FN5OS2.2C2H6.CH4O/c1-7-16-42-30-21-28-13-18-46-25-37(3,4)14-9-15-38(5,29-11-8-10-27(20-29)19-26(2)24-45)36(40)44-35(41-6)33-23-31(12-17-43-33)47-34(28)32(39)22-30;3*1-2/h7-8,10-12,16-17,20-24,26,42H,9,13-15,18-19,25H2,1-6H3,(H2,40,41,44);2*1-2H3;2H,1H3/b16-7-;;;/t26?,38-;;;/m1.../s1. The molecule has 292 valence electrons. The predicted molar refractivity (Wildman–Crippen MR) is 230 cm³/mol. The lowest BCUT2D eigenvalue weighted by Crippen LogP contribution is -2.40. The van der Waals surface area contributed by atoms with Crippen LogP contribution in [0.5, 0.6) is 0 Å². The number of thioether (sulfide) groups is 1. The van der Waals surface area contributed by atoms with Crippen molar-refractivity contribution in [1.29, 1.82) is 0 Å². The average Bonchev–Trinajstić information content (AvgIpc) is 3.17. The van der Waals surface area contributed by atoms with E-state index in [9.17, 15) is 4.79 Å². The van der Waals surface area contributed by atoms with Crippen LogP contribution < -0.4 is 11.1 Å². The van der Waals surface area contributed by atoms with E-state index in [0.29, 0.717) is 28.7 Å².